The van der Waals surface area contributed by atoms with Crippen molar-refractivity contribution in [3.05, 3.63) is 64.1 Å². The summed E-state index contributed by atoms with van der Waals surface area (Å²) in [6, 6.07) is 13.4. The van der Waals surface area contributed by atoms with Crippen LogP contribution in [0.4, 0.5) is 5.69 Å². The highest BCUT2D eigenvalue weighted by Crippen LogP contribution is 2.44. The second-order valence-electron chi connectivity index (χ2n) is 6.77. The summed E-state index contributed by atoms with van der Waals surface area (Å²) in [7, 11) is -0.948. The molecule has 30 heavy (non-hydrogen) atoms. The van der Waals surface area contributed by atoms with Crippen molar-refractivity contribution in [2.75, 3.05) is 20.0 Å². The number of hydrogen-bond acceptors (Lipinski definition) is 6. The van der Waals surface area contributed by atoms with Gasteiger partial charge in [-0.05, 0) is 65.7 Å². The molecule has 0 radical (unpaired) electrons. The Morgan fingerprint density at radius 3 is 2.10 bits per heavy atom. The van der Waals surface area contributed by atoms with Crippen molar-refractivity contribution in [3.63, 3.8) is 0 Å². The lowest BCUT2D eigenvalue weighted by molar-refractivity contribution is 0.393. The topological polar surface area (TPSA) is 87.9 Å². The van der Waals surface area contributed by atoms with Gasteiger partial charge in [-0.1, -0.05) is 17.7 Å². The molecule has 2 N–H and O–H groups in total. The SMILES string of the molecule is COc1cc(OC)c(Br)c(-c2cc(C)cc(OS(=O)(=O)c3ccc(C)cc3)c2N)c1. The minimum atomic E-state index is -4.05. The molecule has 3 aromatic carbocycles. The van der Waals surface area contributed by atoms with E-state index in [1.54, 1.807) is 44.6 Å². The van der Waals surface area contributed by atoms with Gasteiger partial charge in [-0.3, -0.25) is 0 Å². The summed E-state index contributed by atoms with van der Waals surface area (Å²) in [5.41, 5.74) is 9.54. The van der Waals surface area contributed by atoms with Crippen molar-refractivity contribution in [1.29, 1.82) is 0 Å². The Morgan fingerprint density at radius 2 is 1.50 bits per heavy atom. The van der Waals surface area contributed by atoms with Gasteiger partial charge in [0.15, 0.2) is 5.75 Å². The molecule has 158 valence electrons. The van der Waals surface area contributed by atoms with E-state index >= 15 is 0 Å². The number of ether oxygens (including phenoxy) is 2. The molecule has 6 nitrogen and oxygen atoms in total. The van der Waals surface area contributed by atoms with E-state index < -0.39 is 10.1 Å². The van der Waals surface area contributed by atoms with Crippen LogP contribution in [0.1, 0.15) is 11.1 Å². The van der Waals surface area contributed by atoms with Gasteiger partial charge in [0.05, 0.1) is 24.4 Å². The molecule has 3 rings (SSSR count). The van der Waals surface area contributed by atoms with Gasteiger partial charge in [-0.2, -0.15) is 8.42 Å². The number of nitrogen functional groups attached to an aromatic ring is 1. The Morgan fingerprint density at radius 1 is 0.833 bits per heavy atom. The van der Waals surface area contributed by atoms with E-state index in [1.807, 2.05) is 19.9 Å². The second kappa shape index (κ2) is 8.57. The summed E-state index contributed by atoms with van der Waals surface area (Å²) in [5, 5.41) is 0. The number of nitrogens with two attached hydrogens (primary N) is 1. The molecule has 0 aliphatic carbocycles. The Labute approximate surface area is 184 Å². The van der Waals surface area contributed by atoms with Crippen molar-refractivity contribution in [2.24, 2.45) is 0 Å². The smallest absolute Gasteiger partial charge is 0.339 e. The average molecular weight is 492 g/mol. The van der Waals surface area contributed by atoms with Gasteiger partial charge in [0, 0.05) is 17.2 Å². The maximum Gasteiger partial charge on any atom is 0.339 e. The van der Waals surface area contributed by atoms with Crippen molar-refractivity contribution >= 4 is 31.7 Å². The highest BCUT2D eigenvalue weighted by molar-refractivity contribution is 9.10. The molecule has 0 aromatic heterocycles. The highest BCUT2D eigenvalue weighted by atomic mass is 79.9. The fourth-order valence-electron chi connectivity index (χ4n) is 2.96. The van der Waals surface area contributed by atoms with Crippen LogP contribution in [0, 0.1) is 13.8 Å². The number of aryl methyl sites for hydroxylation is 2. The lowest BCUT2D eigenvalue weighted by Gasteiger charge is -2.17. The molecular weight excluding hydrogens is 470 g/mol. The van der Waals surface area contributed by atoms with E-state index in [9.17, 15) is 8.42 Å². The molecule has 0 unspecified atom stereocenters. The fraction of sp³-hybridized carbons (Fsp3) is 0.182. The zero-order valence-electron chi connectivity index (χ0n) is 17.0. The van der Waals surface area contributed by atoms with E-state index in [0.717, 1.165) is 11.1 Å². The Balaban J connectivity index is 2.12. The van der Waals surface area contributed by atoms with Gasteiger partial charge in [0.25, 0.3) is 0 Å². The predicted octanol–water partition coefficient (Wildman–Crippen LogP) is 5.10. The molecule has 0 spiro atoms. The summed E-state index contributed by atoms with van der Waals surface area (Å²) >= 11 is 3.53. The lowest BCUT2D eigenvalue weighted by Crippen LogP contribution is -2.11. The van der Waals surface area contributed by atoms with Crippen LogP contribution >= 0.6 is 15.9 Å². The number of anilines is 1. The summed E-state index contributed by atoms with van der Waals surface area (Å²) in [5.74, 6) is 1.18. The largest absolute Gasteiger partial charge is 0.497 e. The van der Waals surface area contributed by atoms with Gasteiger partial charge in [-0.15, -0.1) is 0 Å². The first-order valence-corrected chi connectivity index (χ1v) is 11.2. The van der Waals surface area contributed by atoms with Crippen molar-refractivity contribution in [1.82, 2.24) is 0 Å². The number of rotatable bonds is 6. The zero-order valence-corrected chi connectivity index (χ0v) is 19.4. The molecule has 0 saturated heterocycles. The van der Waals surface area contributed by atoms with Crippen LogP contribution in [-0.4, -0.2) is 22.6 Å². The Kier molecular flexibility index (Phi) is 6.28. The van der Waals surface area contributed by atoms with E-state index in [0.29, 0.717) is 27.1 Å². The average Bonchev–Trinajstić information content (AvgIpc) is 2.71. The molecule has 8 heteroatoms. The Hall–Kier alpha value is -2.71. The van der Waals surface area contributed by atoms with Crippen LogP contribution in [0.3, 0.4) is 0 Å². The fourth-order valence-corrected chi connectivity index (χ4v) is 4.51. The van der Waals surface area contributed by atoms with Gasteiger partial charge in [-0.25, -0.2) is 0 Å². The molecular formula is C22H22BrNO5S. The summed E-state index contributed by atoms with van der Waals surface area (Å²) in [6.07, 6.45) is 0. The predicted molar refractivity (Wildman–Crippen MR) is 121 cm³/mol. The minimum Gasteiger partial charge on any atom is -0.497 e. The highest BCUT2D eigenvalue weighted by Gasteiger charge is 2.22. The van der Waals surface area contributed by atoms with E-state index in [-0.39, 0.29) is 16.3 Å². The summed E-state index contributed by atoms with van der Waals surface area (Å²) < 4.78 is 42.4. The molecule has 0 saturated carbocycles. The number of halogens is 1. The van der Waals surface area contributed by atoms with Crippen LogP contribution in [-0.2, 0) is 10.1 Å². The maximum atomic E-state index is 12.8. The van der Waals surface area contributed by atoms with Crippen LogP contribution in [0.15, 0.2) is 57.9 Å². The third-order valence-electron chi connectivity index (χ3n) is 4.55. The maximum absolute atomic E-state index is 12.8. The molecule has 0 aliphatic rings. The van der Waals surface area contributed by atoms with Crippen LogP contribution in [0.5, 0.6) is 17.2 Å². The van der Waals surface area contributed by atoms with Gasteiger partial charge in [0.1, 0.15) is 16.4 Å². The number of benzene rings is 3. The van der Waals surface area contributed by atoms with Gasteiger partial charge >= 0.3 is 10.1 Å². The normalized spacial score (nSPS) is 11.2. The van der Waals surface area contributed by atoms with Gasteiger partial charge in [0.2, 0.25) is 0 Å². The van der Waals surface area contributed by atoms with E-state index in [2.05, 4.69) is 15.9 Å². The summed E-state index contributed by atoms with van der Waals surface area (Å²) in [4.78, 5) is 0.0554. The third kappa shape index (κ3) is 4.39. The first-order valence-electron chi connectivity index (χ1n) is 8.99. The van der Waals surface area contributed by atoms with Crippen LogP contribution < -0.4 is 19.4 Å². The van der Waals surface area contributed by atoms with E-state index in [1.165, 1.54) is 12.1 Å². The molecule has 0 amide bonds. The molecule has 3 aromatic rings. The van der Waals surface area contributed by atoms with Crippen molar-refractivity contribution in [2.45, 2.75) is 18.7 Å². The molecule has 0 fully saturated rings. The van der Waals surface area contributed by atoms with Crippen LogP contribution in [0.25, 0.3) is 11.1 Å². The molecule has 0 aliphatic heterocycles. The minimum absolute atomic E-state index is 0.0549. The monoisotopic (exact) mass is 491 g/mol. The molecule has 0 heterocycles. The second-order valence-corrected chi connectivity index (χ2v) is 9.11. The van der Waals surface area contributed by atoms with Crippen molar-refractivity contribution in [3.8, 4) is 28.4 Å². The molecule has 0 bridgehead atoms. The first-order chi connectivity index (χ1) is 14.2. The number of hydrogen-bond donors (Lipinski definition) is 1. The number of methoxy groups -OCH3 is 2. The van der Waals surface area contributed by atoms with Gasteiger partial charge < -0.3 is 19.4 Å². The lowest BCUT2D eigenvalue weighted by atomic mass is 10.00. The standard InChI is InChI=1S/C22H22BrNO5S/c1-13-5-7-16(8-6-13)30(25,26)29-20-10-14(2)9-18(22(20)24)17-11-15(27-3)12-19(28-4)21(17)23/h5-12H,24H2,1-4H3. The third-order valence-corrected chi connectivity index (χ3v) is 6.62. The first kappa shape index (κ1) is 22.0. The van der Waals surface area contributed by atoms with Crippen molar-refractivity contribution < 1.29 is 22.1 Å². The zero-order chi connectivity index (χ0) is 22.1. The summed E-state index contributed by atoms with van der Waals surface area (Å²) in [6.45, 7) is 3.71. The Bertz CT molecular complexity index is 1190. The quantitative estimate of drug-likeness (QED) is 0.381. The van der Waals surface area contributed by atoms with E-state index in [4.69, 9.17) is 19.4 Å². The molecule has 0 atom stereocenters. The van der Waals surface area contributed by atoms with Crippen LogP contribution in [0.2, 0.25) is 0 Å².